The van der Waals surface area contributed by atoms with Crippen molar-refractivity contribution in [2.75, 3.05) is 0 Å². The Hall–Kier alpha value is -2.61. The first-order chi connectivity index (χ1) is 9.04. The number of rotatable bonds is 2. The van der Waals surface area contributed by atoms with E-state index in [0.717, 1.165) is 5.56 Å². The van der Waals surface area contributed by atoms with Crippen LogP contribution in [-0.2, 0) is 0 Å². The Morgan fingerprint density at radius 3 is 2.58 bits per heavy atom. The molecule has 0 unspecified atom stereocenters. The number of aryl methyl sites for hydroxylation is 1. The highest BCUT2D eigenvalue weighted by Crippen LogP contribution is 2.31. The highest BCUT2D eigenvalue weighted by atomic mass is 16.5. The fourth-order valence-electron chi connectivity index (χ4n) is 1.61. The molecule has 0 bridgehead atoms. The van der Waals surface area contributed by atoms with Crippen molar-refractivity contribution in [3.63, 3.8) is 0 Å². The first-order valence-corrected chi connectivity index (χ1v) is 5.75. The molecule has 0 aliphatic heterocycles. The summed E-state index contributed by atoms with van der Waals surface area (Å²) < 4.78 is 5.59. The smallest absolute Gasteiger partial charge is 0.257 e. The van der Waals surface area contributed by atoms with Crippen molar-refractivity contribution in [2.45, 2.75) is 20.8 Å². The van der Waals surface area contributed by atoms with Gasteiger partial charge in [-0.25, -0.2) is 0 Å². The lowest BCUT2D eigenvalue weighted by Crippen LogP contribution is -2.01. The fraction of sp³-hybridized carbons (Fsp3) is 0.214. The fourth-order valence-corrected chi connectivity index (χ4v) is 1.61. The minimum Gasteiger partial charge on any atom is -0.508 e. The van der Waals surface area contributed by atoms with Crippen LogP contribution in [0.15, 0.2) is 18.2 Å². The largest absolute Gasteiger partial charge is 0.508 e. The maximum atomic E-state index is 9.62. The molecule has 1 heterocycles. The number of ether oxygens (including phenoxy) is 1. The molecule has 0 spiro atoms. The van der Waals surface area contributed by atoms with Crippen LogP contribution >= 0.6 is 0 Å². The standard InChI is InChI=1S/C14H13N3O2/c1-8-10(3)16-17-14(11(8)7-15)19-13-6-4-5-12(18)9(13)2/h4-6,18H,1-3H3. The van der Waals surface area contributed by atoms with E-state index in [9.17, 15) is 10.4 Å². The van der Waals surface area contributed by atoms with Crippen LogP contribution in [0.5, 0.6) is 17.4 Å². The van der Waals surface area contributed by atoms with Gasteiger partial charge in [-0.15, -0.1) is 5.10 Å². The lowest BCUT2D eigenvalue weighted by atomic mass is 10.1. The van der Waals surface area contributed by atoms with Crippen LogP contribution in [0.4, 0.5) is 0 Å². The van der Waals surface area contributed by atoms with Gasteiger partial charge in [0.15, 0.2) is 0 Å². The molecule has 1 aromatic carbocycles. The van der Waals surface area contributed by atoms with Crippen molar-refractivity contribution in [3.8, 4) is 23.4 Å². The third-order valence-corrected chi connectivity index (χ3v) is 3.00. The summed E-state index contributed by atoms with van der Waals surface area (Å²) in [6.07, 6.45) is 0. The minimum atomic E-state index is 0.132. The molecular formula is C14H13N3O2. The summed E-state index contributed by atoms with van der Waals surface area (Å²) in [4.78, 5) is 0. The van der Waals surface area contributed by atoms with Crippen LogP contribution in [0.1, 0.15) is 22.4 Å². The number of benzene rings is 1. The van der Waals surface area contributed by atoms with E-state index in [2.05, 4.69) is 16.3 Å². The van der Waals surface area contributed by atoms with Crippen LogP contribution in [0, 0.1) is 32.1 Å². The Morgan fingerprint density at radius 2 is 1.89 bits per heavy atom. The summed E-state index contributed by atoms with van der Waals surface area (Å²) in [6, 6.07) is 7.00. The zero-order chi connectivity index (χ0) is 14.0. The highest BCUT2D eigenvalue weighted by Gasteiger charge is 2.14. The maximum absolute atomic E-state index is 9.62. The Bertz CT molecular complexity index is 675. The van der Waals surface area contributed by atoms with Crippen molar-refractivity contribution < 1.29 is 9.84 Å². The number of phenolic OH excluding ortho intramolecular Hbond substituents is 1. The van der Waals surface area contributed by atoms with Gasteiger partial charge in [0.2, 0.25) is 0 Å². The van der Waals surface area contributed by atoms with Crippen LogP contribution in [-0.4, -0.2) is 15.3 Å². The van der Waals surface area contributed by atoms with E-state index in [1.165, 1.54) is 0 Å². The normalized spacial score (nSPS) is 10.0. The molecule has 0 aliphatic rings. The lowest BCUT2D eigenvalue weighted by Gasteiger charge is -2.11. The van der Waals surface area contributed by atoms with Gasteiger partial charge >= 0.3 is 0 Å². The second kappa shape index (κ2) is 4.94. The van der Waals surface area contributed by atoms with Crippen LogP contribution in [0.3, 0.4) is 0 Å². The van der Waals surface area contributed by atoms with Gasteiger partial charge < -0.3 is 9.84 Å². The molecule has 5 nitrogen and oxygen atoms in total. The third-order valence-electron chi connectivity index (χ3n) is 3.00. The Morgan fingerprint density at radius 1 is 1.16 bits per heavy atom. The van der Waals surface area contributed by atoms with Gasteiger partial charge in [0.1, 0.15) is 23.1 Å². The summed E-state index contributed by atoms with van der Waals surface area (Å²) in [5.41, 5.74) is 2.38. The summed E-state index contributed by atoms with van der Waals surface area (Å²) in [6.45, 7) is 5.31. The highest BCUT2D eigenvalue weighted by molar-refractivity contribution is 5.49. The van der Waals surface area contributed by atoms with Crippen molar-refractivity contribution >= 4 is 0 Å². The Balaban J connectivity index is 2.48. The molecule has 96 valence electrons. The molecule has 0 fully saturated rings. The van der Waals surface area contributed by atoms with Gasteiger partial charge in [0, 0.05) is 5.56 Å². The molecule has 0 amide bonds. The number of nitrogens with zero attached hydrogens (tertiary/aromatic N) is 3. The average Bonchev–Trinajstić information content (AvgIpc) is 2.39. The molecule has 0 aliphatic carbocycles. The van der Waals surface area contributed by atoms with Gasteiger partial charge in [-0.1, -0.05) is 6.07 Å². The second-order valence-corrected chi connectivity index (χ2v) is 4.20. The topological polar surface area (TPSA) is 79.0 Å². The molecule has 0 atom stereocenters. The van der Waals surface area contributed by atoms with E-state index < -0.39 is 0 Å². The van der Waals surface area contributed by atoms with Crippen LogP contribution in [0.2, 0.25) is 0 Å². The van der Waals surface area contributed by atoms with Crippen molar-refractivity contribution in [3.05, 3.63) is 40.6 Å². The molecule has 0 saturated heterocycles. The number of hydrogen-bond acceptors (Lipinski definition) is 5. The molecule has 2 rings (SSSR count). The van der Waals surface area contributed by atoms with E-state index in [0.29, 0.717) is 22.6 Å². The van der Waals surface area contributed by atoms with Crippen molar-refractivity contribution in [1.82, 2.24) is 10.2 Å². The van der Waals surface area contributed by atoms with E-state index in [1.54, 1.807) is 39.0 Å². The van der Waals surface area contributed by atoms with Gasteiger partial charge in [0.05, 0.1) is 5.69 Å². The maximum Gasteiger partial charge on any atom is 0.257 e. The predicted octanol–water partition coefficient (Wildman–Crippen LogP) is 2.77. The zero-order valence-electron chi connectivity index (χ0n) is 10.9. The lowest BCUT2D eigenvalue weighted by molar-refractivity contribution is 0.432. The van der Waals surface area contributed by atoms with Gasteiger partial charge in [-0.2, -0.15) is 10.4 Å². The van der Waals surface area contributed by atoms with Crippen LogP contribution in [0.25, 0.3) is 0 Å². The molecule has 5 heteroatoms. The first-order valence-electron chi connectivity index (χ1n) is 5.75. The number of aromatic nitrogens is 2. The molecule has 1 N–H and O–H groups in total. The SMILES string of the molecule is Cc1nnc(Oc2cccc(O)c2C)c(C#N)c1C. The molecular weight excluding hydrogens is 242 g/mol. The summed E-state index contributed by atoms with van der Waals surface area (Å²) >= 11 is 0. The number of nitriles is 1. The number of phenols is 1. The molecule has 19 heavy (non-hydrogen) atoms. The summed E-state index contributed by atoms with van der Waals surface area (Å²) in [5.74, 6) is 0.737. The van der Waals surface area contributed by atoms with Gasteiger partial charge in [-0.3, -0.25) is 0 Å². The second-order valence-electron chi connectivity index (χ2n) is 4.20. The molecule has 2 aromatic rings. The average molecular weight is 255 g/mol. The van der Waals surface area contributed by atoms with E-state index >= 15 is 0 Å². The van der Waals surface area contributed by atoms with Gasteiger partial charge in [-0.05, 0) is 38.5 Å². The summed E-state index contributed by atoms with van der Waals surface area (Å²) in [7, 11) is 0. The zero-order valence-corrected chi connectivity index (χ0v) is 10.9. The minimum absolute atomic E-state index is 0.132. The quantitative estimate of drug-likeness (QED) is 0.892. The Labute approximate surface area is 111 Å². The number of hydrogen-bond donors (Lipinski definition) is 1. The van der Waals surface area contributed by atoms with Crippen molar-refractivity contribution in [2.24, 2.45) is 0 Å². The predicted molar refractivity (Wildman–Crippen MR) is 69.1 cm³/mol. The van der Waals surface area contributed by atoms with E-state index in [1.807, 2.05) is 0 Å². The molecule has 0 radical (unpaired) electrons. The van der Waals surface area contributed by atoms with Crippen molar-refractivity contribution in [1.29, 1.82) is 5.26 Å². The van der Waals surface area contributed by atoms with Crippen LogP contribution < -0.4 is 4.74 Å². The summed E-state index contributed by atoms with van der Waals surface area (Å²) in [5, 5.41) is 26.6. The van der Waals surface area contributed by atoms with E-state index in [4.69, 9.17) is 4.74 Å². The molecule has 1 aromatic heterocycles. The molecule has 0 saturated carbocycles. The third kappa shape index (κ3) is 2.33. The van der Waals surface area contributed by atoms with Gasteiger partial charge in [0.25, 0.3) is 5.88 Å². The first kappa shape index (κ1) is 12.8. The monoisotopic (exact) mass is 255 g/mol. The Kier molecular flexibility index (Phi) is 3.34. The van der Waals surface area contributed by atoms with E-state index in [-0.39, 0.29) is 11.6 Å². The number of aromatic hydroxyl groups is 1.